The summed E-state index contributed by atoms with van der Waals surface area (Å²) in [6.45, 7) is 42.9. The van der Waals surface area contributed by atoms with E-state index in [0.29, 0.717) is 18.1 Å². The van der Waals surface area contributed by atoms with Crippen LogP contribution in [0.25, 0.3) is 0 Å². The molecule has 0 aliphatic carbocycles. The van der Waals surface area contributed by atoms with E-state index >= 15 is 0 Å². The van der Waals surface area contributed by atoms with Gasteiger partial charge in [-0.15, -0.1) is 0 Å². The fourth-order valence-electron chi connectivity index (χ4n) is 4.38. The quantitative estimate of drug-likeness (QED) is 0.249. The Bertz CT molecular complexity index is 386. The van der Waals surface area contributed by atoms with Crippen molar-refractivity contribution in [2.45, 2.75) is 180 Å². The fourth-order valence-corrected chi connectivity index (χ4v) is 4.38. The second-order valence-electron chi connectivity index (χ2n) is 11.9. The first kappa shape index (κ1) is 42.0. The van der Waals surface area contributed by atoms with Crippen molar-refractivity contribution in [3.63, 3.8) is 0 Å². The number of hydrogen-bond acceptors (Lipinski definition) is 3. The Hall–Kier alpha value is -0.120. The molecule has 0 N–H and O–H groups in total. The molecule has 0 aromatic heterocycles. The van der Waals surface area contributed by atoms with Gasteiger partial charge >= 0.3 is 0 Å². The van der Waals surface area contributed by atoms with E-state index in [0.717, 1.165) is 30.0 Å². The van der Waals surface area contributed by atoms with Gasteiger partial charge in [-0.05, 0) is 100 Å². The van der Waals surface area contributed by atoms with Crippen LogP contribution in [0.4, 0.5) is 0 Å². The van der Waals surface area contributed by atoms with Crippen molar-refractivity contribution in [3.05, 3.63) is 0 Å². The van der Waals surface area contributed by atoms with Crippen molar-refractivity contribution < 1.29 is 0 Å². The first-order valence-electron chi connectivity index (χ1n) is 15.3. The van der Waals surface area contributed by atoms with Crippen LogP contribution >= 0.6 is 0 Å². The molecule has 0 aromatic rings. The predicted octanol–water partition coefficient (Wildman–Crippen LogP) is 9.45. The van der Waals surface area contributed by atoms with E-state index in [-0.39, 0.29) is 0 Å². The van der Waals surface area contributed by atoms with Gasteiger partial charge in [0.25, 0.3) is 0 Å². The van der Waals surface area contributed by atoms with Gasteiger partial charge in [0, 0.05) is 49.3 Å². The molecule has 3 heteroatoms. The highest BCUT2D eigenvalue weighted by atomic mass is 15.2. The maximum atomic E-state index is 2.61. The minimum atomic E-state index is 0.676. The van der Waals surface area contributed by atoms with E-state index in [1.54, 1.807) is 0 Å². The number of rotatable bonds is 13. The van der Waals surface area contributed by atoms with E-state index in [2.05, 4.69) is 133 Å². The normalized spacial score (nSPS) is 14.1. The summed E-state index contributed by atoms with van der Waals surface area (Å²) in [5.74, 6) is 1.57. The van der Waals surface area contributed by atoms with Gasteiger partial charge in [-0.3, -0.25) is 9.80 Å². The zero-order valence-corrected chi connectivity index (χ0v) is 28.5. The Morgan fingerprint density at radius 1 is 0.457 bits per heavy atom. The molecule has 3 atom stereocenters. The van der Waals surface area contributed by atoms with Gasteiger partial charge in [0.1, 0.15) is 0 Å². The predicted molar refractivity (Wildman–Crippen MR) is 167 cm³/mol. The molecule has 3 nitrogen and oxygen atoms in total. The van der Waals surface area contributed by atoms with E-state index in [9.17, 15) is 0 Å². The molecule has 35 heavy (non-hydrogen) atoms. The van der Waals surface area contributed by atoms with E-state index in [1.807, 2.05) is 13.8 Å². The maximum absolute atomic E-state index is 2.61. The molecule has 0 aromatic carbocycles. The van der Waals surface area contributed by atoms with Gasteiger partial charge in [0.05, 0.1) is 0 Å². The summed E-state index contributed by atoms with van der Waals surface area (Å²) in [5.41, 5.74) is 0. The van der Waals surface area contributed by atoms with Crippen LogP contribution in [-0.4, -0.2) is 71.1 Å². The van der Waals surface area contributed by atoms with Crippen LogP contribution in [0.5, 0.6) is 0 Å². The molecule has 0 amide bonds. The molecule has 0 aliphatic rings. The average Bonchev–Trinajstić information content (AvgIpc) is 2.77. The Morgan fingerprint density at radius 3 is 0.943 bits per heavy atom. The SMILES string of the molecule is CC.CC(C)CN(C(C)C)C(C)C.CCC(C)N(C(C)C)C(C)CC.CCC(C)N(C)CC(C)C. The van der Waals surface area contributed by atoms with E-state index in [4.69, 9.17) is 0 Å². The second-order valence-corrected chi connectivity index (χ2v) is 11.9. The summed E-state index contributed by atoms with van der Waals surface area (Å²) in [5, 5.41) is 0. The Balaban J connectivity index is -0.000000199. The average molecular weight is 502 g/mol. The van der Waals surface area contributed by atoms with E-state index in [1.165, 1.54) is 32.4 Å². The molecule has 0 heterocycles. The number of nitrogens with zero attached hydrogens (tertiary/aromatic N) is 3. The largest absolute Gasteiger partial charge is 0.303 e. The highest BCUT2D eigenvalue weighted by molar-refractivity contribution is 4.75. The van der Waals surface area contributed by atoms with Crippen LogP contribution in [-0.2, 0) is 0 Å². The van der Waals surface area contributed by atoms with Gasteiger partial charge in [-0.25, -0.2) is 0 Å². The van der Waals surface area contributed by atoms with Crippen molar-refractivity contribution in [2.75, 3.05) is 20.1 Å². The molecule has 0 aliphatic heterocycles. The zero-order chi connectivity index (χ0) is 28.9. The van der Waals surface area contributed by atoms with Crippen molar-refractivity contribution in [2.24, 2.45) is 11.8 Å². The summed E-state index contributed by atoms with van der Waals surface area (Å²) >= 11 is 0. The van der Waals surface area contributed by atoms with Crippen molar-refractivity contribution >= 4 is 0 Å². The first-order valence-corrected chi connectivity index (χ1v) is 15.3. The van der Waals surface area contributed by atoms with Crippen LogP contribution < -0.4 is 0 Å². The van der Waals surface area contributed by atoms with Gasteiger partial charge < -0.3 is 4.90 Å². The molecule has 0 saturated heterocycles. The summed E-state index contributed by atoms with van der Waals surface area (Å²) in [6, 6.07) is 4.21. The zero-order valence-electron chi connectivity index (χ0n) is 28.5. The molecule has 0 radical (unpaired) electrons. The van der Waals surface area contributed by atoms with Crippen LogP contribution in [0.3, 0.4) is 0 Å². The Kier molecular flexibility index (Phi) is 30.6. The third-order valence-corrected chi connectivity index (χ3v) is 6.69. The molecule has 0 bridgehead atoms. The molecule has 3 unspecified atom stereocenters. The van der Waals surface area contributed by atoms with Crippen molar-refractivity contribution in [1.82, 2.24) is 14.7 Å². The molecular formula is C32H75N3. The third-order valence-electron chi connectivity index (χ3n) is 6.69. The standard InChI is InChI=1S/C11H25N.C10H23N.C9H21N.C2H6/c1-7-10(5)12(9(3)4)11(6)8-2;1-8(2)7-11(9(3)4)10(5)6;1-6-9(4)10(5)7-8(2)3;1-2/h9-11H,7-8H2,1-6H3;8-10H,7H2,1-6H3;8-9H,6-7H2,1-5H3;1-2H3. The third kappa shape index (κ3) is 24.0. The van der Waals surface area contributed by atoms with Gasteiger partial charge in [0.2, 0.25) is 0 Å². The van der Waals surface area contributed by atoms with Crippen LogP contribution in [0.15, 0.2) is 0 Å². The second kappa shape index (κ2) is 25.5. The first-order chi connectivity index (χ1) is 16.1. The van der Waals surface area contributed by atoms with Crippen LogP contribution in [0, 0.1) is 11.8 Å². The Labute approximate surface area is 226 Å². The van der Waals surface area contributed by atoms with Crippen LogP contribution in [0.1, 0.15) is 144 Å². The van der Waals surface area contributed by atoms with Crippen LogP contribution in [0.2, 0.25) is 0 Å². The van der Waals surface area contributed by atoms with E-state index < -0.39 is 0 Å². The molecule has 218 valence electrons. The fraction of sp³-hybridized carbons (Fsp3) is 1.00. The summed E-state index contributed by atoms with van der Waals surface area (Å²) < 4.78 is 0. The lowest BCUT2D eigenvalue weighted by Gasteiger charge is -2.37. The number of hydrogen-bond donors (Lipinski definition) is 0. The molecule has 0 saturated carbocycles. The van der Waals surface area contributed by atoms with Gasteiger partial charge in [0.15, 0.2) is 0 Å². The highest BCUT2D eigenvalue weighted by Crippen LogP contribution is 2.15. The summed E-state index contributed by atoms with van der Waals surface area (Å²) in [7, 11) is 2.20. The minimum absolute atomic E-state index is 0.676. The Morgan fingerprint density at radius 2 is 0.771 bits per heavy atom. The molecule has 0 rings (SSSR count). The molecule has 0 fully saturated rings. The molecule has 0 spiro atoms. The van der Waals surface area contributed by atoms with Gasteiger partial charge in [-0.2, -0.15) is 0 Å². The minimum Gasteiger partial charge on any atom is -0.303 e. The molecular weight excluding hydrogens is 426 g/mol. The van der Waals surface area contributed by atoms with Gasteiger partial charge in [-0.1, -0.05) is 62.3 Å². The lowest BCUT2D eigenvalue weighted by molar-refractivity contribution is 0.107. The van der Waals surface area contributed by atoms with Crippen molar-refractivity contribution in [1.29, 1.82) is 0 Å². The monoisotopic (exact) mass is 502 g/mol. The topological polar surface area (TPSA) is 9.72 Å². The highest BCUT2D eigenvalue weighted by Gasteiger charge is 2.20. The summed E-state index contributed by atoms with van der Waals surface area (Å²) in [6.07, 6.45) is 3.76. The maximum Gasteiger partial charge on any atom is 0.00698 e. The lowest BCUT2D eigenvalue weighted by atomic mass is 10.1. The smallest absolute Gasteiger partial charge is 0.00698 e. The lowest BCUT2D eigenvalue weighted by Crippen LogP contribution is -2.44. The van der Waals surface area contributed by atoms with Crippen molar-refractivity contribution in [3.8, 4) is 0 Å². The summed E-state index contributed by atoms with van der Waals surface area (Å²) in [4.78, 5) is 7.56.